The summed E-state index contributed by atoms with van der Waals surface area (Å²) in [5, 5.41) is 0. The molecule has 6 heteroatoms. The molecule has 0 aromatic heterocycles. The quantitative estimate of drug-likeness (QED) is 0.654. The van der Waals surface area contributed by atoms with Crippen LogP contribution in [0.3, 0.4) is 0 Å². The van der Waals surface area contributed by atoms with Gasteiger partial charge in [-0.15, -0.1) is 0 Å². The second-order valence-electron chi connectivity index (χ2n) is 8.08. The molecule has 2 aromatic rings. The Hall–Kier alpha value is -3.28. The van der Waals surface area contributed by atoms with Crippen LogP contribution in [0.1, 0.15) is 38.7 Å². The van der Waals surface area contributed by atoms with Crippen molar-refractivity contribution in [2.24, 2.45) is 0 Å². The van der Waals surface area contributed by atoms with Gasteiger partial charge >= 0.3 is 0 Å². The van der Waals surface area contributed by atoms with Crippen molar-refractivity contribution in [2.75, 3.05) is 25.1 Å². The second kappa shape index (κ2) is 8.84. The SMILES string of the molecule is COc1ccccc1C1=C(N2CCCCC2)C(=O)N(c2ccc(OC(C)C)cc2)C1=O. The third-order valence-electron chi connectivity index (χ3n) is 5.57. The van der Waals surface area contributed by atoms with Crippen LogP contribution in [0.2, 0.25) is 0 Å². The topological polar surface area (TPSA) is 59.1 Å². The zero-order valence-corrected chi connectivity index (χ0v) is 18.3. The molecule has 0 radical (unpaired) electrons. The molecule has 2 amide bonds. The average Bonchev–Trinajstić information content (AvgIpc) is 3.04. The Kier molecular flexibility index (Phi) is 5.98. The highest BCUT2D eigenvalue weighted by atomic mass is 16.5. The van der Waals surface area contributed by atoms with Gasteiger partial charge in [-0.05, 0) is 63.4 Å². The van der Waals surface area contributed by atoms with Crippen LogP contribution < -0.4 is 14.4 Å². The number of piperidine rings is 1. The summed E-state index contributed by atoms with van der Waals surface area (Å²) < 4.78 is 11.2. The van der Waals surface area contributed by atoms with Gasteiger partial charge in [0.25, 0.3) is 11.8 Å². The van der Waals surface area contributed by atoms with E-state index in [1.54, 1.807) is 31.4 Å². The van der Waals surface area contributed by atoms with Gasteiger partial charge in [0.05, 0.1) is 24.5 Å². The molecule has 0 saturated carbocycles. The number of benzene rings is 2. The van der Waals surface area contributed by atoms with E-state index in [0.29, 0.717) is 34.0 Å². The van der Waals surface area contributed by atoms with Crippen molar-refractivity contribution in [2.45, 2.75) is 39.2 Å². The monoisotopic (exact) mass is 420 g/mol. The van der Waals surface area contributed by atoms with Crippen LogP contribution in [0.4, 0.5) is 5.69 Å². The summed E-state index contributed by atoms with van der Waals surface area (Å²) in [7, 11) is 1.58. The van der Waals surface area contributed by atoms with Gasteiger partial charge in [-0.1, -0.05) is 18.2 Å². The molecule has 162 valence electrons. The molecular formula is C25H28N2O4. The number of anilines is 1. The van der Waals surface area contributed by atoms with Gasteiger partial charge in [-0.25, -0.2) is 4.90 Å². The number of rotatable bonds is 6. The van der Waals surface area contributed by atoms with E-state index in [2.05, 4.69) is 4.90 Å². The number of carbonyl (C=O) groups excluding carboxylic acids is 2. The van der Waals surface area contributed by atoms with Crippen LogP contribution in [-0.2, 0) is 9.59 Å². The highest BCUT2D eigenvalue weighted by Gasteiger charge is 2.43. The summed E-state index contributed by atoms with van der Waals surface area (Å²) >= 11 is 0. The van der Waals surface area contributed by atoms with Crippen LogP contribution >= 0.6 is 0 Å². The Bertz CT molecular complexity index is 1000. The summed E-state index contributed by atoms with van der Waals surface area (Å²) in [5.74, 6) is 0.667. The fraction of sp³-hybridized carbons (Fsp3) is 0.360. The number of likely N-dealkylation sites (tertiary alicyclic amines) is 1. The molecule has 4 rings (SSSR count). The molecule has 0 spiro atoms. The zero-order valence-electron chi connectivity index (χ0n) is 18.3. The summed E-state index contributed by atoms with van der Waals surface area (Å²) in [5.41, 5.74) is 2.06. The number of hydrogen-bond donors (Lipinski definition) is 0. The van der Waals surface area contributed by atoms with Gasteiger partial charge in [0.1, 0.15) is 17.2 Å². The molecule has 2 heterocycles. The van der Waals surface area contributed by atoms with Gasteiger partial charge in [0.2, 0.25) is 0 Å². The number of imide groups is 1. The first-order chi connectivity index (χ1) is 15.0. The van der Waals surface area contributed by atoms with Gasteiger partial charge in [0, 0.05) is 18.7 Å². The predicted octanol–water partition coefficient (Wildman–Crippen LogP) is 4.25. The van der Waals surface area contributed by atoms with E-state index in [1.165, 1.54) is 4.90 Å². The Morgan fingerprint density at radius 2 is 1.55 bits per heavy atom. The average molecular weight is 421 g/mol. The molecule has 2 aliphatic rings. The van der Waals surface area contributed by atoms with Crippen molar-refractivity contribution in [3.05, 3.63) is 59.8 Å². The van der Waals surface area contributed by atoms with Crippen LogP contribution in [0.15, 0.2) is 54.2 Å². The van der Waals surface area contributed by atoms with Crippen LogP contribution in [0, 0.1) is 0 Å². The maximum atomic E-state index is 13.6. The lowest BCUT2D eigenvalue weighted by Gasteiger charge is -2.29. The summed E-state index contributed by atoms with van der Waals surface area (Å²) in [6.45, 7) is 5.44. The summed E-state index contributed by atoms with van der Waals surface area (Å²) in [6.07, 6.45) is 3.19. The molecule has 0 unspecified atom stereocenters. The lowest BCUT2D eigenvalue weighted by atomic mass is 10.0. The summed E-state index contributed by atoms with van der Waals surface area (Å²) in [4.78, 5) is 30.6. The van der Waals surface area contributed by atoms with Crippen molar-refractivity contribution in [1.29, 1.82) is 0 Å². The molecule has 1 saturated heterocycles. The minimum Gasteiger partial charge on any atom is -0.496 e. The molecule has 6 nitrogen and oxygen atoms in total. The lowest BCUT2D eigenvalue weighted by molar-refractivity contribution is -0.120. The Morgan fingerprint density at radius 3 is 2.19 bits per heavy atom. The maximum absolute atomic E-state index is 13.6. The third-order valence-corrected chi connectivity index (χ3v) is 5.57. The molecule has 31 heavy (non-hydrogen) atoms. The Morgan fingerprint density at radius 1 is 0.871 bits per heavy atom. The fourth-order valence-corrected chi connectivity index (χ4v) is 4.20. The number of nitrogens with zero attached hydrogens (tertiary/aromatic N) is 2. The molecule has 0 N–H and O–H groups in total. The van der Waals surface area contributed by atoms with Crippen molar-refractivity contribution in [1.82, 2.24) is 4.90 Å². The van der Waals surface area contributed by atoms with Gasteiger partial charge in [-0.2, -0.15) is 0 Å². The molecule has 1 fully saturated rings. The lowest BCUT2D eigenvalue weighted by Crippen LogP contribution is -2.37. The van der Waals surface area contributed by atoms with E-state index in [4.69, 9.17) is 9.47 Å². The fourth-order valence-electron chi connectivity index (χ4n) is 4.20. The van der Waals surface area contributed by atoms with Crippen LogP contribution in [0.25, 0.3) is 5.57 Å². The van der Waals surface area contributed by atoms with Crippen LogP contribution in [0.5, 0.6) is 11.5 Å². The third kappa shape index (κ3) is 4.02. The number of amides is 2. The van der Waals surface area contributed by atoms with Crippen LogP contribution in [-0.4, -0.2) is 43.0 Å². The highest BCUT2D eigenvalue weighted by molar-refractivity contribution is 6.45. The normalized spacial score (nSPS) is 17.0. The standard InChI is InChI=1S/C25H28N2O4/c1-17(2)31-19-13-11-18(12-14-19)27-24(28)22(20-9-5-6-10-21(20)30-3)23(25(27)29)26-15-7-4-8-16-26/h5-6,9-14,17H,4,7-8,15-16H2,1-3H3. The molecule has 0 aliphatic carbocycles. The molecule has 2 aromatic carbocycles. The predicted molar refractivity (Wildman–Crippen MR) is 120 cm³/mol. The van der Waals surface area contributed by atoms with Gasteiger partial charge in [0.15, 0.2) is 0 Å². The number of ether oxygens (including phenoxy) is 2. The highest BCUT2D eigenvalue weighted by Crippen LogP contribution is 2.39. The van der Waals surface area contributed by atoms with Crippen molar-refractivity contribution in [3.63, 3.8) is 0 Å². The van der Waals surface area contributed by atoms with E-state index >= 15 is 0 Å². The number of methoxy groups -OCH3 is 1. The molecular weight excluding hydrogens is 392 g/mol. The Balaban J connectivity index is 1.77. The first-order valence-corrected chi connectivity index (χ1v) is 10.8. The van der Waals surface area contributed by atoms with Gasteiger partial charge in [-0.3, -0.25) is 9.59 Å². The smallest absolute Gasteiger partial charge is 0.282 e. The largest absolute Gasteiger partial charge is 0.496 e. The van der Waals surface area contributed by atoms with Gasteiger partial charge < -0.3 is 14.4 Å². The second-order valence-corrected chi connectivity index (χ2v) is 8.08. The van der Waals surface area contributed by atoms with E-state index < -0.39 is 0 Å². The number of para-hydroxylation sites is 1. The van der Waals surface area contributed by atoms with E-state index in [1.807, 2.05) is 38.1 Å². The van der Waals surface area contributed by atoms with E-state index in [9.17, 15) is 9.59 Å². The van der Waals surface area contributed by atoms with Crippen molar-refractivity contribution < 1.29 is 19.1 Å². The first-order valence-electron chi connectivity index (χ1n) is 10.8. The first kappa shape index (κ1) is 21.0. The minimum absolute atomic E-state index is 0.0467. The summed E-state index contributed by atoms with van der Waals surface area (Å²) in [6, 6.07) is 14.5. The number of hydrogen-bond acceptors (Lipinski definition) is 5. The molecule has 0 atom stereocenters. The molecule has 0 bridgehead atoms. The van der Waals surface area contributed by atoms with Crippen molar-refractivity contribution in [3.8, 4) is 11.5 Å². The van der Waals surface area contributed by atoms with E-state index in [-0.39, 0.29) is 17.9 Å². The zero-order chi connectivity index (χ0) is 22.0. The van der Waals surface area contributed by atoms with Crippen molar-refractivity contribution >= 4 is 23.1 Å². The molecule has 2 aliphatic heterocycles. The number of carbonyl (C=O) groups is 2. The van der Waals surface area contributed by atoms with E-state index in [0.717, 1.165) is 32.4 Å². The minimum atomic E-state index is -0.326. The Labute approximate surface area is 183 Å². The maximum Gasteiger partial charge on any atom is 0.282 e.